The van der Waals surface area contributed by atoms with Gasteiger partial charge in [-0.15, -0.1) is 11.3 Å². The lowest BCUT2D eigenvalue weighted by Gasteiger charge is -1.95. The minimum atomic E-state index is 0.0280. The van der Waals surface area contributed by atoms with E-state index in [2.05, 4.69) is 47.8 Å². The molecule has 17 heavy (non-hydrogen) atoms. The summed E-state index contributed by atoms with van der Waals surface area (Å²) in [6.45, 7) is 2.24. The van der Waals surface area contributed by atoms with Gasteiger partial charge in [0.15, 0.2) is 0 Å². The van der Waals surface area contributed by atoms with Crippen LogP contribution < -0.4 is 5.32 Å². The molecule has 0 bridgehead atoms. The van der Waals surface area contributed by atoms with E-state index < -0.39 is 0 Å². The number of carbonyl (C=O) groups excluding carboxylic acids is 1. The van der Waals surface area contributed by atoms with Crippen molar-refractivity contribution in [2.24, 2.45) is 0 Å². The quantitative estimate of drug-likeness (QED) is 0.821. The molecule has 2 nitrogen and oxygen atoms in total. The van der Waals surface area contributed by atoms with Gasteiger partial charge in [-0.2, -0.15) is 0 Å². The Kier molecular flexibility index (Phi) is 3.94. The van der Waals surface area contributed by atoms with Crippen molar-refractivity contribution in [3.63, 3.8) is 0 Å². The first kappa shape index (κ1) is 11.9. The maximum absolute atomic E-state index is 10.7. The molecule has 1 aromatic carbocycles. The average Bonchev–Trinajstić information content (AvgIpc) is 2.70. The molecule has 0 unspecified atom stereocenters. The number of carbonyl (C=O) groups is 1. The van der Waals surface area contributed by atoms with Crippen molar-refractivity contribution >= 4 is 33.4 Å². The smallest absolute Gasteiger partial charge is 0.216 e. The third-order valence-electron chi connectivity index (χ3n) is 2.41. The van der Waals surface area contributed by atoms with Crippen molar-refractivity contribution in [1.82, 2.24) is 5.32 Å². The molecule has 88 valence electrons. The lowest BCUT2D eigenvalue weighted by molar-refractivity contribution is -0.118. The van der Waals surface area contributed by atoms with E-state index in [-0.39, 0.29) is 5.91 Å². The van der Waals surface area contributed by atoms with Crippen LogP contribution in [0.4, 0.5) is 0 Å². The van der Waals surface area contributed by atoms with Crippen LogP contribution in [-0.4, -0.2) is 12.5 Å². The highest BCUT2D eigenvalue weighted by Gasteiger charge is 1.96. The van der Waals surface area contributed by atoms with Crippen LogP contribution in [0.1, 0.15) is 18.2 Å². The summed E-state index contributed by atoms with van der Waals surface area (Å²) < 4.78 is 1.31. The molecular formula is C14H15NOS. The number of rotatable bonds is 4. The van der Waals surface area contributed by atoms with E-state index in [4.69, 9.17) is 0 Å². The maximum atomic E-state index is 10.7. The number of thiophene rings is 1. The molecule has 0 saturated heterocycles. The van der Waals surface area contributed by atoms with Crippen LogP contribution in [-0.2, 0) is 4.79 Å². The molecule has 0 spiro atoms. The van der Waals surface area contributed by atoms with Gasteiger partial charge in [0.05, 0.1) is 0 Å². The highest BCUT2D eigenvalue weighted by atomic mass is 32.1. The molecule has 2 rings (SSSR count). The monoisotopic (exact) mass is 245 g/mol. The van der Waals surface area contributed by atoms with Gasteiger partial charge in [0, 0.05) is 23.0 Å². The van der Waals surface area contributed by atoms with E-state index in [9.17, 15) is 4.79 Å². The van der Waals surface area contributed by atoms with Crippen molar-refractivity contribution in [3.05, 3.63) is 41.3 Å². The molecule has 2 aromatic rings. The highest BCUT2D eigenvalue weighted by Crippen LogP contribution is 2.26. The summed E-state index contributed by atoms with van der Waals surface area (Å²) in [7, 11) is 0. The molecule has 1 heterocycles. The molecule has 1 aromatic heterocycles. The second kappa shape index (κ2) is 5.64. The van der Waals surface area contributed by atoms with Crippen molar-refractivity contribution in [3.8, 4) is 0 Å². The molecule has 0 saturated carbocycles. The number of fused-ring (bicyclic) bond motifs is 1. The normalized spacial score (nSPS) is 11.1. The first-order valence-electron chi connectivity index (χ1n) is 5.65. The molecule has 0 aliphatic carbocycles. The predicted octanol–water partition coefficient (Wildman–Crippen LogP) is 3.44. The van der Waals surface area contributed by atoms with Gasteiger partial charge < -0.3 is 5.32 Å². The SMILES string of the molecule is CC(=O)NCCC=Cc1cc2ccccc2s1. The van der Waals surface area contributed by atoms with Gasteiger partial charge in [-0.25, -0.2) is 0 Å². The zero-order chi connectivity index (χ0) is 12.1. The van der Waals surface area contributed by atoms with Crippen LogP contribution in [0, 0.1) is 0 Å². The van der Waals surface area contributed by atoms with Gasteiger partial charge in [-0.05, 0) is 30.0 Å². The van der Waals surface area contributed by atoms with E-state index in [1.54, 1.807) is 11.3 Å². The topological polar surface area (TPSA) is 29.1 Å². The second-order valence-corrected chi connectivity index (χ2v) is 4.98. The standard InChI is InChI=1S/C14H15NOS/c1-11(16)15-9-5-4-7-13-10-12-6-2-3-8-14(12)17-13/h2-4,6-8,10H,5,9H2,1H3,(H,15,16). The summed E-state index contributed by atoms with van der Waals surface area (Å²) in [5.74, 6) is 0.0280. The largest absolute Gasteiger partial charge is 0.356 e. The predicted molar refractivity (Wildman–Crippen MR) is 74.2 cm³/mol. The maximum Gasteiger partial charge on any atom is 0.216 e. The van der Waals surface area contributed by atoms with Gasteiger partial charge in [0.25, 0.3) is 0 Å². The fourth-order valence-corrected chi connectivity index (χ4v) is 2.61. The lowest BCUT2D eigenvalue weighted by Crippen LogP contribution is -2.20. The molecule has 1 amide bonds. The van der Waals surface area contributed by atoms with Crippen molar-refractivity contribution in [2.45, 2.75) is 13.3 Å². The minimum absolute atomic E-state index is 0.0280. The van der Waals surface area contributed by atoms with Crippen LogP contribution >= 0.6 is 11.3 Å². The molecule has 1 N–H and O–H groups in total. The molecule has 0 fully saturated rings. The van der Waals surface area contributed by atoms with E-state index in [1.807, 2.05) is 0 Å². The Morgan fingerprint density at radius 3 is 3.00 bits per heavy atom. The molecule has 0 radical (unpaired) electrons. The van der Waals surface area contributed by atoms with Gasteiger partial charge in [0.2, 0.25) is 5.91 Å². The number of nitrogens with one attached hydrogen (secondary N) is 1. The fourth-order valence-electron chi connectivity index (χ4n) is 1.62. The summed E-state index contributed by atoms with van der Waals surface area (Å²) in [6.07, 6.45) is 5.08. The number of hydrogen-bond acceptors (Lipinski definition) is 2. The first-order chi connectivity index (χ1) is 8.25. The van der Waals surface area contributed by atoms with Crippen molar-refractivity contribution < 1.29 is 4.79 Å². The molecule has 3 heteroatoms. The summed E-state index contributed by atoms with van der Waals surface area (Å²) >= 11 is 1.79. The molecular weight excluding hydrogens is 230 g/mol. The van der Waals surface area contributed by atoms with Crippen LogP contribution in [0.5, 0.6) is 0 Å². The van der Waals surface area contributed by atoms with Crippen LogP contribution in [0.15, 0.2) is 36.4 Å². The Labute approximate surface area is 105 Å². The lowest BCUT2D eigenvalue weighted by atomic mass is 10.2. The molecule has 0 aliphatic heterocycles. The minimum Gasteiger partial charge on any atom is -0.356 e. The average molecular weight is 245 g/mol. The fraction of sp³-hybridized carbons (Fsp3) is 0.214. The van der Waals surface area contributed by atoms with E-state index in [0.717, 1.165) is 6.42 Å². The number of benzene rings is 1. The number of amides is 1. The van der Waals surface area contributed by atoms with Crippen LogP contribution in [0.25, 0.3) is 16.2 Å². The molecule has 0 aliphatic rings. The van der Waals surface area contributed by atoms with Gasteiger partial charge in [-0.3, -0.25) is 4.79 Å². The third kappa shape index (κ3) is 3.43. The Morgan fingerprint density at radius 2 is 2.24 bits per heavy atom. The Hall–Kier alpha value is -1.61. The van der Waals surface area contributed by atoms with Crippen LogP contribution in [0.2, 0.25) is 0 Å². The summed E-state index contributed by atoms with van der Waals surface area (Å²) in [5.41, 5.74) is 0. The highest BCUT2D eigenvalue weighted by molar-refractivity contribution is 7.19. The zero-order valence-corrected chi connectivity index (χ0v) is 10.6. The summed E-state index contributed by atoms with van der Waals surface area (Å²) in [6, 6.07) is 10.6. The summed E-state index contributed by atoms with van der Waals surface area (Å²) in [5, 5.41) is 4.06. The zero-order valence-electron chi connectivity index (χ0n) is 9.77. The summed E-state index contributed by atoms with van der Waals surface area (Å²) in [4.78, 5) is 11.9. The van der Waals surface area contributed by atoms with Gasteiger partial charge in [-0.1, -0.05) is 24.3 Å². The second-order valence-electron chi connectivity index (χ2n) is 3.86. The van der Waals surface area contributed by atoms with Crippen molar-refractivity contribution in [2.75, 3.05) is 6.54 Å². The van der Waals surface area contributed by atoms with E-state index in [0.29, 0.717) is 6.54 Å². The van der Waals surface area contributed by atoms with E-state index in [1.165, 1.54) is 21.9 Å². The van der Waals surface area contributed by atoms with Crippen LogP contribution in [0.3, 0.4) is 0 Å². The Bertz CT molecular complexity index is 509. The Balaban J connectivity index is 1.94. The van der Waals surface area contributed by atoms with E-state index >= 15 is 0 Å². The Morgan fingerprint density at radius 1 is 1.41 bits per heavy atom. The first-order valence-corrected chi connectivity index (χ1v) is 6.47. The van der Waals surface area contributed by atoms with Crippen molar-refractivity contribution in [1.29, 1.82) is 0 Å². The third-order valence-corrected chi connectivity index (χ3v) is 3.49. The van der Waals surface area contributed by atoms with Gasteiger partial charge in [0.1, 0.15) is 0 Å². The number of hydrogen-bond donors (Lipinski definition) is 1. The molecule has 0 atom stereocenters. The van der Waals surface area contributed by atoms with Gasteiger partial charge >= 0.3 is 0 Å².